The first-order valence-electron chi connectivity index (χ1n) is 8.02. The number of aromatic hydroxyl groups is 2. The molecule has 136 valence electrons. The zero-order chi connectivity index (χ0) is 19.7. The average molecular weight is 368 g/mol. The van der Waals surface area contributed by atoms with Crippen LogP contribution in [-0.2, 0) is 5.41 Å². The Hall–Kier alpha value is -3.39. The maximum Gasteiger partial charge on any atom is 0.406 e. The van der Waals surface area contributed by atoms with E-state index in [1.807, 2.05) is 0 Å². The standard InChI is InChI=1S/C22H15F3O2/c1-2-15-3-5-16(6-4-15)21(22(23,24)25,17-7-11-19(26)12-8-17)18-9-13-20(27)14-10-18/h1,3-14,26-27H. The number of phenolic OH excluding ortho intramolecular Hbond substituents is 2. The molecule has 3 rings (SSSR count). The molecule has 0 fully saturated rings. The third kappa shape index (κ3) is 3.11. The highest BCUT2D eigenvalue weighted by Crippen LogP contribution is 2.51. The van der Waals surface area contributed by atoms with Gasteiger partial charge in [-0.2, -0.15) is 13.2 Å². The molecular weight excluding hydrogens is 353 g/mol. The van der Waals surface area contributed by atoms with Crippen LogP contribution in [0.15, 0.2) is 72.8 Å². The van der Waals surface area contributed by atoms with Crippen molar-refractivity contribution < 1.29 is 23.4 Å². The minimum atomic E-state index is -4.71. The molecule has 0 atom stereocenters. The molecule has 0 heterocycles. The van der Waals surface area contributed by atoms with Gasteiger partial charge in [-0.1, -0.05) is 42.3 Å². The summed E-state index contributed by atoms with van der Waals surface area (Å²) in [4.78, 5) is 0. The molecule has 3 aromatic rings. The Balaban J connectivity index is 2.39. The van der Waals surface area contributed by atoms with Crippen LogP contribution in [0.5, 0.6) is 11.5 Å². The first kappa shape index (κ1) is 18.4. The van der Waals surface area contributed by atoms with Crippen molar-refractivity contribution in [1.82, 2.24) is 0 Å². The molecule has 0 radical (unpaired) electrons. The molecule has 0 unspecified atom stereocenters. The van der Waals surface area contributed by atoms with Crippen LogP contribution >= 0.6 is 0 Å². The monoisotopic (exact) mass is 368 g/mol. The van der Waals surface area contributed by atoms with Crippen molar-refractivity contribution in [1.29, 1.82) is 0 Å². The highest BCUT2D eigenvalue weighted by molar-refractivity contribution is 5.55. The lowest BCUT2D eigenvalue weighted by Crippen LogP contribution is -2.44. The van der Waals surface area contributed by atoms with E-state index in [0.717, 1.165) is 0 Å². The van der Waals surface area contributed by atoms with Crippen LogP contribution in [0.4, 0.5) is 13.2 Å². The van der Waals surface area contributed by atoms with Crippen LogP contribution in [-0.4, -0.2) is 16.4 Å². The molecule has 0 saturated heterocycles. The summed E-state index contributed by atoms with van der Waals surface area (Å²) in [7, 11) is 0. The molecule has 27 heavy (non-hydrogen) atoms. The van der Waals surface area contributed by atoms with E-state index in [4.69, 9.17) is 6.42 Å². The normalized spacial score (nSPS) is 11.8. The zero-order valence-electron chi connectivity index (χ0n) is 14.0. The van der Waals surface area contributed by atoms with Crippen LogP contribution in [0.3, 0.4) is 0 Å². The summed E-state index contributed by atoms with van der Waals surface area (Å²) in [5, 5.41) is 19.1. The smallest absolute Gasteiger partial charge is 0.406 e. The molecule has 0 saturated carbocycles. The second-order valence-electron chi connectivity index (χ2n) is 6.06. The van der Waals surface area contributed by atoms with Crippen molar-refractivity contribution in [2.24, 2.45) is 0 Å². The van der Waals surface area contributed by atoms with Crippen LogP contribution in [0, 0.1) is 12.3 Å². The van der Waals surface area contributed by atoms with Gasteiger partial charge in [0.05, 0.1) is 0 Å². The van der Waals surface area contributed by atoms with Crippen LogP contribution in [0.1, 0.15) is 22.3 Å². The van der Waals surface area contributed by atoms with Gasteiger partial charge < -0.3 is 10.2 Å². The largest absolute Gasteiger partial charge is 0.508 e. The molecular formula is C22H15F3O2. The Kier molecular flexibility index (Phi) is 4.59. The van der Waals surface area contributed by atoms with Gasteiger partial charge in [0, 0.05) is 5.56 Å². The third-order valence-electron chi connectivity index (χ3n) is 4.51. The quantitative estimate of drug-likeness (QED) is 0.506. The number of phenols is 2. The maximum atomic E-state index is 14.7. The van der Waals surface area contributed by atoms with Crippen LogP contribution < -0.4 is 0 Å². The molecule has 2 N–H and O–H groups in total. The van der Waals surface area contributed by atoms with Gasteiger partial charge in [-0.3, -0.25) is 0 Å². The number of alkyl halides is 3. The average Bonchev–Trinajstić information content (AvgIpc) is 2.64. The Morgan fingerprint density at radius 3 is 1.26 bits per heavy atom. The van der Waals surface area contributed by atoms with Crippen molar-refractivity contribution >= 4 is 0 Å². The SMILES string of the molecule is C#Cc1ccc(C(c2ccc(O)cc2)(c2ccc(O)cc2)C(F)(F)F)cc1. The molecule has 0 bridgehead atoms. The van der Waals surface area contributed by atoms with E-state index in [-0.39, 0.29) is 28.2 Å². The molecule has 0 aliphatic heterocycles. The first-order chi connectivity index (χ1) is 12.8. The molecule has 2 nitrogen and oxygen atoms in total. The van der Waals surface area contributed by atoms with Gasteiger partial charge in [-0.05, 0) is 53.1 Å². The van der Waals surface area contributed by atoms with Crippen LogP contribution in [0.25, 0.3) is 0 Å². The topological polar surface area (TPSA) is 40.5 Å². The Morgan fingerprint density at radius 1 is 0.630 bits per heavy atom. The van der Waals surface area contributed by atoms with E-state index in [2.05, 4.69) is 5.92 Å². The second-order valence-corrected chi connectivity index (χ2v) is 6.06. The van der Waals surface area contributed by atoms with Crippen molar-refractivity contribution in [2.75, 3.05) is 0 Å². The predicted octanol–water partition coefficient (Wildman–Crippen LogP) is 4.98. The van der Waals surface area contributed by atoms with E-state index in [0.29, 0.717) is 5.56 Å². The molecule has 0 aromatic heterocycles. The predicted molar refractivity (Wildman–Crippen MR) is 96.5 cm³/mol. The second kappa shape index (κ2) is 6.73. The molecule has 3 aromatic carbocycles. The van der Waals surface area contributed by atoms with Crippen molar-refractivity contribution in [2.45, 2.75) is 11.6 Å². The fourth-order valence-electron chi connectivity index (χ4n) is 3.23. The lowest BCUT2D eigenvalue weighted by molar-refractivity contribution is -0.166. The van der Waals surface area contributed by atoms with Crippen molar-refractivity contribution in [3.05, 3.63) is 95.1 Å². The van der Waals surface area contributed by atoms with Gasteiger partial charge in [0.25, 0.3) is 0 Å². The van der Waals surface area contributed by atoms with E-state index in [1.165, 1.54) is 72.8 Å². The van der Waals surface area contributed by atoms with Gasteiger partial charge in [0.2, 0.25) is 0 Å². The van der Waals surface area contributed by atoms with Gasteiger partial charge in [-0.25, -0.2) is 0 Å². The summed E-state index contributed by atoms with van der Waals surface area (Å²) in [6.45, 7) is 0. The van der Waals surface area contributed by atoms with E-state index in [9.17, 15) is 23.4 Å². The molecule has 0 spiro atoms. The number of halogens is 3. The minimum absolute atomic E-state index is 0.0228. The number of terminal acetylenes is 1. The fourth-order valence-corrected chi connectivity index (χ4v) is 3.23. The summed E-state index contributed by atoms with van der Waals surface area (Å²) in [6.07, 6.45) is 0.613. The van der Waals surface area contributed by atoms with Crippen LogP contribution in [0.2, 0.25) is 0 Å². The Bertz CT molecular complexity index is 919. The molecule has 0 amide bonds. The molecule has 0 aliphatic rings. The summed E-state index contributed by atoms with van der Waals surface area (Å²) in [5.41, 5.74) is -2.18. The summed E-state index contributed by atoms with van der Waals surface area (Å²) in [6, 6.07) is 15.4. The Morgan fingerprint density at radius 2 is 0.963 bits per heavy atom. The maximum absolute atomic E-state index is 14.7. The number of benzene rings is 3. The lowest BCUT2D eigenvalue weighted by atomic mass is 9.68. The highest BCUT2D eigenvalue weighted by atomic mass is 19.4. The van der Waals surface area contributed by atoms with E-state index in [1.54, 1.807) is 0 Å². The lowest BCUT2D eigenvalue weighted by Gasteiger charge is -2.37. The minimum Gasteiger partial charge on any atom is -0.508 e. The van der Waals surface area contributed by atoms with Crippen molar-refractivity contribution in [3.8, 4) is 23.8 Å². The molecule has 0 aliphatic carbocycles. The van der Waals surface area contributed by atoms with Gasteiger partial charge >= 0.3 is 6.18 Å². The van der Waals surface area contributed by atoms with E-state index < -0.39 is 11.6 Å². The molecule has 5 heteroatoms. The fraction of sp³-hybridized carbons (Fsp3) is 0.0909. The van der Waals surface area contributed by atoms with Gasteiger partial charge in [0.15, 0.2) is 0 Å². The number of hydrogen-bond acceptors (Lipinski definition) is 2. The highest BCUT2D eigenvalue weighted by Gasteiger charge is 2.58. The number of hydrogen-bond donors (Lipinski definition) is 2. The summed E-state index contributed by atoms with van der Waals surface area (Å²) >= 11 is 0. The van der Waals surface area contributed by atoms with Gasteiger partial charge in [0.1, 0.15) is 16.9 Å². The van der Waals surface area contributed by atoms with Crippen molar-refractivity contribution in [3.63, 3.8) is 0 Å². The summed E-state index contributed by atoms with van der Waals surface area (Å²) in [5.74, 6) is 2.12. The van der Waals surface area contributed by atoms with Gasteiger partial charge in [-0.15, -0.1) is 6.42 Å². The van der Waals surface area contributed by atoms with E-state index >= 15 is 0 Å². The Labute approximate surface area is 154 Å². The number of rotatable bonds is 3. The third-order valence-corrected chi connectivity index (χ3v) is 4.51. The summed E-state index contributed by atoms with van der Waals surface area (Å²) < 4.78 is 44.0. The first-order valence-corrected chi connectivity index (χ1v) is 8.02. The zero-order valence-corrected chi connectivity index (χ0v) is 14.0.